The summed E-state index contributed by atoms with van der Waals surface area (Å²) >= 11 is 0. The van der Waals surface area contributed by atoms with E-state index in [0.717, 1.165) is 28.8 Å². The lowest BCUT2D eigenvalue weighted by molar-refractivity contribution is 0.174. The van der Waals surface area contributed by atoms with Gasteiger partial charge in [-0.2, -0.15) is 0 Å². The molecule has 0 saturated heterocycles. The molecule has 0 saturated carbocycles. The zero-order valence-corrected chi connectivity index (χ0v) is 14.7. The third-order valence-electron chi connectivity index (χ3n) is 3.90. The minimum atomic E-state index is 0.219. The summed E-state index contributed by atoms with van der Waals surface area (Å²) in [6.07, 6.45) is 5.28. The number of anilines is 1. The second-order valence-corrected chi connectivity index (χ2v) is 6.33. The molecule has 2 N–H and O–H groups in total. The number of imidazole rings is 1. The second kappa shape index (κ2) is 6.99. The fourth-order valence-electron chi connectivity index (χ4n) is 2.95. The van der Waals surface area contributed by atoms with Crippen molar-refractivity contribution in [3.05, 3.63) is 24.0 Å². The molecule has 0 spiro atoms. The van der Waals surface area contributed by atoms with Crippen LogP contribution in [0.25, 0.3) is 21.9 Å². The molecule has 3 aromatic rings. The number of hydrogen-bond donors (Lipinski definition) is 1. The summed E-state index contributed by atoms with van der Waals surface area (Å²) in [5.41, 5.74) is 8.60. The lowest BCUT2D eigenvalue weighted by Gasteiger charge is -2.13. The molecule has 25 heavy (non-hydrogen) atoms. The maximum atomic E-state index is 6.16. The quantitative estimate of drug-likeness (QED) is 0.699. The van der Waals surface area contributed by atoms with Crippen molar-refractivity contribution in [2.75, 3.05) is 19.5 Å². The van der Waals surface area contributed by atoms with E-state index in [2.05, 4.69) is 34.3 Å². The molecule has 130 valence electrons. The molecule has 6 heteroatoms. The summed E-state index contributed by atoms with van der Waals surface area (Å²) < 4.78 is 13.0. The summed E-state index contributed by atoms with van der Waals surface area (Å²) in [6.45, 7) is 5.77. The van der Waals surface area contributed by atoms with E-state index in [1.54, 1.807) is 7.11 Å². The van der Waals surface area contributed by atoms with Crippen LogP contribution in [0.15, 0.2) is 18.2 Å². The van der Waals surface area contributed by atoms with E-state index in [4.69, 9.17) is 21.6 Å². The first-order chi connectivity index (χ1) is 12.0. The molecule has 0 amide bonds. The SMILES string of the molecule is C#CCOc1ccc2nc(N)c3nc(COC)n(CC(C)C)c3c2c1. The van der Waals surface area contributed by atoms with Crippen LogP contribution in [0.1, 0.15) is 19.7 Å². The summed E-state index contributed by atoms with van der Waals surface area (Å²) in [4.78, 5) is 9.16. The molecule has 0 radical (unpaired) electrons. The highest BCUT2D eigenvalue weighted by atomic mass is 16.5. The highest BCUT2D eigenvalue weighted by Gasteiger charge is 2.18. The van der Waals surface area contributed by atoms with Gasteiger partial charge in [-0.15, -0.1) is 6.42 Å². The minimum absolute atomic E-state index is 0.219. The molecule has 3 rings (SSSR count). The number of methoxy groups -OCH3 is 1. The Morgan fingerprint density at radius 3 is 2.80 bits per heavy atom. The normalized spacial score (nSPS) is 11.3. The second-order valence-electron chi connectivity index (χ2n) is 6.33. The molecule has 0 atom stereocenters. The van der Waals surface area contributed by atoms with Gasteiger partial charge in [0.05, 0.1) is 11.0 Å². The van der Waals surface area contributed by atoms with Crippen LogP contribution >= 0.6 is 0 Å². The molecule has 0 aliphatic rings. The Bertz CT molecular complexity index is 954. The summed E-state index contributed by atoms with van der Waals surface area (Å²) in [6, 6.07) is 5.67. The van der Waals surface area contributed by atoms with Crippen LogP contribution < -0.4 is 10.5 Å². The number of nitrogen functional groups attached to an aromatic ring is 1. The largest absolute Gasteiger partial charge is 0.481 e. The first-order valence-corrected chi connectivity index (χ1v) is 8.18. The number of nitrogens with two attached hydrogens (primary N) is 1. The summed E-state index contributed by atoms with van der Waals surface area (Å²) in [5.74, 6) is 4.87. The molecular formula is C19H22N4O2. The maximum absolute atomic E-state index is 6.16. The molecule has 0 bridgehead atoms. The van der Waals surface area contributed by atoms with Crippen molar-refractivity contribution >= 4 is 27.8 Å². The average Bonchev–Trinajstić information content (AvgIpc) is 2.92. The minimum Gasteiger partial charge on any atom is -0.481 e. The van der Waals surface area contributed by atoms with Crippen LogP contribution in [0.3, 0.4) is 0 Å². The molecule has 1 aromatic carbocycles. The lowest BCUT2D eigenvalue weighted by atomic mass is 10.1. The van der Waals surface area contributed by atoms with Crippen LogP contribution in [-0.4, -0.2) is 28.3 Å². The Morgan fingerprint density at radius 1 is 1.32 bits per heavy atom. The molecule has 2 heterocycles. The van der Waals surface area contributed by atoms with Crippen LogP contribution in [0.4, 0.5) is 5.82 Å². The Labute approximate surface area is 147 Å². The highest BCUT2D eigenvalue weighted by molar-refractivity contribution is 6.07. The monoisotopic (exact) mass is 338 g/mol. The van der Waals surface area contributed by atoms with Crippen LogP contribution in [0.2, 0.25) is 0 Å². The van der Waals surface area contributed by atoms with Crippen LogP contribution in [0, 0.1) is 18.3 Å². The lowest BCUT2D eigenvalue weighted by Crippen LogP contribution is -2.09. The Morgan fingerprint density at radius 2 is 2.12 bits per heavy atom. The molecule has 0 aliphatic heterocycles. The predicted octanol–water partition coefficient (Wildman–Crippen LogP) is 2.98. The number of fused-ring (bicyclic) bond motifs is 3. The van der Waals surface area contributed by atoms with Gasteiger partial charge < -0.3 is 19.8 Å². The van der Waals surface area contributed by atoms with Gasteiger partial charge in [0.1, 0.15) is 30.3 Å². The van der Waals surface area contributed by atoms with E-state index in [1.807, 2.05) is 18.2 Å². The highest BCUT2D eigenvalue weighted by Crippen LogP contribution is 2.32. The number of benzene rings is 1. The van der Waals surface area contributed by atoms with Crippen molar-refractivity contribution < 1.29 is 9.47 Å². The number of hydrogen-bond acceptors (Lipinski definition) is 5. The summed E-state index contributed by atoms with van der Waals surface area (Å²) in [5, 5.41) is 0.939. The average molecular weight is 338 g/mol. The van der Waals surface area contributed by atoms with E-state index in [-0.39, 0.29) is 6.61 Å². The van der Waals surface area contributed by atoms with Crippen molar-refractivity contribution in [1.82, 2.24) is 14.5 Å². The zero-order chi connectivity index (χ0) is 18.0. The van der Waals surface area contributed by atoms with E-state index in [0.29, 0.717) is 29.6 Å². The number of rotatable bonds is 6. The topological polar surface area (TPSA) is 75.2 Å². The third-order valence-corrected chi connectivity index (χ3v) is 3.90. The van der Waals surface area contributed by atoms with Gasteiger partial charge in [0, 0.05) is 19.0 Å². The van der Waals surface area contributed by atoms with Crippen molar-refractivity contribution in [3.8, 4) is 18.1 Å². The molecular weight excluding hydrogens is 316 g/mol. The van der Waals surface area contributed by atoms with Crippen molar-refractivity contribution in [1.29, 1.82) is 0 Å². The van der Waals surface area contributed by atoms with E-state index >= 15 is 0 Å². The molecule has 2 aromatic heterocycles. The number of pyridine rings is 1. The van der Waals surface area contributed by atoms with Gasteiger partial charge in [0.15, 0.2) is 5.82 Å². The predicted molar refractivity (Wildman–Crippen MR) is 99.3 cm³/mol. The van der Waals surface area contributed by atoms with Gasteiger partial charge in [0.25, 0.3) is 0 Å². The zero-order valence-electron chi connectivity index (χ0n) is 14.7. The van der Waals surface area contributed by atoms with Crippen molar-refractivity contribution in [3.63, 3.8) is 0 Å². The van der Waals surface area contributed by atoms with Gasteiger partial charge >= 0.3 is 0 Å². The Kier molecular flexibility index (Phi) is 4.77. The maximum Gasteiger partial charge on any atom is 0.152 e. The van der Waals surface area contributed by atoms with Crippen LogP contribution in [-0.2, 0) is 17.9 Å². The first kappa shape index (κ1) is 17.1. The van der Waals surface area contributed by atoms with Gasteiger partial charge in [-0.05, 0) is 24.1 Å². The van der Waals surface area contributed by atoms with Crippen molar-refractivity contribution in [2.45, 2.75) is 27.0 Å². The number of nitrogens with zero attached hydrogens (tertiary/aromatic N) is 3. The van der Waals surface area contributed by atoms with Gasteiger partial charge in [-0.1, -0.05) is 19.8 Å². The smallest absolute Gasteiger partial charge is 0.152 e. The van der Waals surface area contributed by atoms with E-state index < -0.39 is 0 Å². The van der Waals surface area contributed by atoms with E-state index in [1.165, 1.54) is 0 Å². The Hall–Kier alpha value is -2.78. The molecule has 0 aliphatic carbocycles. The standard InChI is InChI=1S/C19H22N4O2/c1-5-8-25-13-6-7-15-14(9-13)18-17(19(20)21-15)22-16(11-24-4)23(18)10-12(2)3/h1,6-7,9,12H,8,10-11H2,2-4H3,(H2,20,21). The molecule has 0 fully saturated rings. The van der Waals surface area contributed by atoms with Crippen LogP contribution in [0.5, 0.6) is 5.75 Å². The fraction of sp³-hybridized carbons (Fsp3) is 0.368. The van der Waals surface area contributed by atoms with Gasteiger partial charge in [0.2, 0.25) is 0 Å². The number of aromatic nitrogens is 3. The fourth-order valence-corrected chi connectivity index (χ4v) is 2.95. The first-order valence-electron chi connectivity index (χ1n) is 8.18. The Balaban J connectivity index is 2.31. The van der Waals surface area contributed by atoms with E-state index in [9.17, 15) is 0 Å². The number of terminal acetylenes is 1. The van der Waals surface area contributed by atoms with Gasteiger partial charge in [-0.3, -0.25) is 0 Å². The third kappa shape index (κ3) is 3.24. The molecule has 6 nitrogen and oxygen atoms in total. The summed E-state index contributed by atoms with van der Waals surface area (Å²) in [7, 11) is 1.66. The van der Waals surface area contributed by atoms with Gasteiger partial charge in [-0.25, -0.2) is 9.97 Å². The number of ether oxygens (including phenoxy) is 2. The van der Waals surface area contributed by atoms with Crippen molar-refractivity contribution in [2.24, 2.45) is 5.92 Å². The molecule has 0 unspecified atom stereocenters.